The zero-order valence-corrected chi connectivity index (χ0v) is 12.0. The van der Waals surface area contributed by atoms with Gasteiger partial charge in [-0.25, -0.2) is 4.98 Å². The van der Waals surface area contributed by atoms with Gasteiger partial charge in [0.15, 0.2) is 0 Å². The number of rotatable bonds is 5. The molecule has 0 aliphatic heterocycles. The second kappa shape index (κ2) is 6.89. The highest BCUT2D eigenvalue weighted by atomic mass is 32.2. The van der Waals surface area contributed by atoms with Crippen molar-refractivity contribution in [1.82, 2.24) is 4.98 Å². The molecule has 2 aromatic rings. The number of carbonyl (C=O) groups excluding carboxylic acids is 1. The number of thioether (sulfide) groups is 1. The fraction of sp³-hybridized carbons (Fsp3) is 0.0714. The molecule has 0 spiro atoms. The van der Waals surface area contributed by atoms with Crippen LogP contribution in [0.5, 0.6) is 0 Å². The number of pyridine rings is 1. The predicted molar refractivity (Wildman–Crippen MR) is 79.3 cm³/mol. The van der Waals surface area contributed by atoms with Crippen molar-refractivity contribution in [2.75, 3.05) is 5.75 Å². The van der Waals surface area contributed by atoms with Gasteiger partial charge in [0.2, 0.25) is 0 Å². The molecule has 0 aliphatic rings. The molecule has 2 aromatic heterocycles. The first-order valence-electron chi connectivity index (χ1n) is 5.63. The molecule has 4 nitrogen and oxygen atoms in total. The van der Waals surface area contributed by atoms with E-state index in [4.69, 9.17) is 5.26 Å². The van der Waals surface area contributed by atoms with Gasteiger partial charge < -0.3 is 4.74 Å². The van der Waals surface area contributed by atoms with Crippen molar-refractivity contribution in [2.45, 2.75) is 5.03 Å². The van der Waals surface area contributed by atoms with E-state index in [-0.39, 0.29) is 5.75 Å². The van der Waals surface area contributed by atoms with Gasteiger partial charge in [0.1, 0.15) is 11.1 Å². The van der Waals surface area contributed by atoms with E-state index < -0.39 is 5.97 Å². The zero-order chi connectivity index (χ0) is 14.4. The molecule has 0 unspecified atom stereocenters. The van der Waals surface area contributed by atoms with Gasteiger partial charge in [-0.3, -0.25) is 4.79 Å². The molecule has 0 saturated heterocycles. The summed E-state index contributed by atoms with van der Waals surface area (Å²) in [6.07, 6.45) is 1.09. The largest absolute Gasteiger partial charge is 0.435 e. The second-order valence-corrected chi connectivity index (χ2v) is 5.50. The van der Waals surface area contributed by atoms with Gasteiger partial charge in [0.05, 0.1) is 28.1 Å². The van der Waals surface area contributed by atoms with E-state index in [9.17, 15) is 4.79 Å². The number of ether oxygens (including phenoxy) is 1. The van der Waals surface area contributed by atoms with Gasteiger partial charge in [-0.1, -0.05) is 24.4 Å². The zero-order valence-electron chi connectivity index (χ0n) is 10.4. The Bertz CT molecular complexity index is 660. The minimum Gasteiger partial charge on any atom is -0.435 e. The maximum Gasteiger partial charge on any atom is 0.321 e. The van der Waals surface area contributed by atoms with Crippen LogP contribution < -0.4 is 0 Å². The van der Waals surface area contributed by atoms with Crippen molar-refractivity contribution in [3.05, 3.63) is 48.0 Å². The molecule has 2 rings (SSSR count). The minimum atomic E-state index is -0.419. The normalized spacial score (nSPS) is 9.75. The fourth-order valence-electron chi connectivity index (χ4n) is 1.45. The summed E-state index contributed by atoms with van der Waals surface area (Å²) in [5.74, 6) is -0.334. The van der Waals surface area contributed by atoms with Crippen LogP contribution in [0.1, 0.15) is 5.56 Å². The van der Waals surface area contributed by atoms with Crippen molar-refractivity contribution < 1.29 is 9.53 Å². The standard InChI is InChI=1S/C14H10N2O2S2/c1-2-18-13(17)9-20-14-10(8-15)5-6-11(16-14)12-4-3-7-19-12/h2-7H,1,9H2. The Morgan fingerprint density at radius 2 is 2.40 bits per heavy atom. The SMILES string of the molecule is C=COC(=O)CSc1nc(-c2cccs2)ccc1C#N. The third-order valence-electron chi connectivity index (χ3n) is 2.30. The van der Waals surface area contributed by atoms with Crippen molar-refractivity contribution >= 4 is 29.1 Å². The van der Waals surface area contributed by atoms with E-state index in [2.05, 4.69) is 22.4 Å². The summed E-state index contributed by atoms with van der Waals surface area (Å²) in [5.41, 5.74) is 1.24. The summed E-state index contributed by atoms with van der Waals surface area (Å²) in [7, 11) is 0. The Labute approximate surface area is 124 Å². The lowest BCUT2D eigenvalue weighted by Crippen LogP contribution is -2.03. The van der Waals surface area contributed by atoms with E-state index in [1.165, 1.54) is 11.8 Å². The molecule has 100 valence electrons. The number of thiophene rings is 1. The molecular weight excluding hydrogens is 292 g/mol. The highest BCUT2D eigenvalue weighted by molar-refractivity contribution is 7.99. The van der Waals surface area contributed by atoms with Crippen LogP contribution in [0.25, 0.3) is 10.6 Å². The number of esters is 1. The molecule has 0 bridgehead atoms. The molecule has 2 heterocycles. The minimum absolute atomic E-state index is 0.0849. The molecule has 0 aliphatic carbocycles. The molecular formula is C14H10N2O2S2. The number of hydrogen-bond acceptors (Lipinski definition) is 6. The van der Waals surface area contributed by atoms with Crippen LogP contribution >= 0.6 is 23.1 Å². The summed E-state index contributed by atoms with van der Waals surface area (Å²) < 4.78 is 4.64. The maximum atomic E-state index is 11.3. The Morgan fingerprint density at radius 3 is 3.05 bits per heavy atom. The fourth-order valence-corrected chi connectivity index (χ4v) is 2.90. The highest BCUT2D eigenvalue weighted by Crippen LogP contribution is 2.27. The Kier molecular flexibility index (Phi) is 4.93. The summed E-state index contributed by atoms with van der Waals surface area (Å²) in [6, 6.07) is 9.48. The summed E-state index contributed by atoms with van der Waals surface area (Å²) in [4.78, 5) is 16.8. The molecule has 0 radical (unpaired) electrons. The lowest BCUT2D eigenvalue weighted by atomic mass is 10.2. The molecule has 20 heavy (non-hydrogen) atoms. The molecule has 0 fully saturated rings. The Hall–Kier alpha value is -2.10. The van der Waals surface area contributed by atoms with E-state index in [0.717, 1.165) is 16.8 Å². The van der Waals surface area contributed by atoms with E-state index in [1.54, 1.807) is 23.5 Å². The first kappa shape index (κ1) is 14.3. The van der Waals surface area contributed by atoms with Crippen molar-refractivity contribution in [3.63, 3.8) is 0 Å². The Balaban J connectivity index is 2.22. The van der Waals surface area contributed by atoms with Crippen LogP contribution in [0.4, 0.5) is 0 Å². The molecule has 6 heteroatoms. The van der Waals surface area contributed by atoms with Crippen LogP contribution in [-0.4, -0.2) is 16.7 Å². The lowest BCUT2D eigenvalue weighted by Gasteiger charge is -2.04. The molecule has 0 N–H and O–H groups in total. The van der Waals surface area contributed by atoms with Gasteiger partial charge in [0, 0.05) is 0 Å². The predicted octanol–water partition coefficient (Wildman–Crippen LogP) is 3.46. The first-order chi connectivity index (χ1) is 9.74. The van der Waals surface area contributed by atoms with Gasteiger partial charge in [0.25, 0.3) is 0 Å². The summed E-state index contributed by atoms with van der Waals surface area (Å²) in [6.45, 7) is 3.32. The van der Waals surface area contributed by atoms with E-state index >= 15 is 0 Å². The van der Waals surface area contributed by atoms with Crippen LogP contribution in [0, 0.1) is 11.3 Å². The van der Waals surface area contributed by atoms with Gasteiger partial charge in [-0.15, -0.1) is 11.3 Å². The maximum absolute atomic E-state index is 11.3. The second-order valence-electron chi connectivity index (χ2n) is 3.58. The third kappa shape index (κ3) is 3.47. The van der Waals surface area contributed by atoms with Crippen LogP contribution in [0.3, 0.4) is 0 Å². The molecule has 0 amide bonds. The molecule has 0 atom stereocenters. The van der Waals surface area contributed by atoms with Crippen LogP contribution in [0.15, 0.2) is 47.5 Å². The highest BCUT2D eigenvalue weighted by Gasteiger charge is 2.11. The molecule has 0 aromatic carbocycles. The number of aromatic nitrogens is 1. The number of carbonyl (C=O) groups is 1. The van der Waals surface area contributed by atoms with Crippen molar-refractivity contribution in [2.24, 2.45) is 0 Å². The van der Waals surface area contributed by atoms with Gasteiger partial charge >= 0.3 is 5.97 Å². The number of nitrogens with zero attached hydrogens (tertiary/aromatic N) is 2. The topological polar surface area (TPSA) is 63.0 Å². The Morgan fingerprint density at radius 1 is 1.55 bits per heavy atom. The smallest absolute Gasteiger partial charge is 0.321 e. The number of nitriles is 1. The van der Waals surface area contributed by atoms with Crippen LogP contribution in [-0.2, 0) is 9.53 Å². The average molecular weight is 302 g/mol. The molecule has 0 saturated carbocycles. The van der Waals surface area contributed by atoms with E-state index in [0.29, 0.717) is 10.6 Å². The van der Waals surface area contributed by atoms with Gasteiger partial charge in [-0.05, 0) is 23.6 Å². The first-order valence-corrected chi connectivity index (χ1v) is 7.49. The number of hydrogen-bond donors (Lipinski definition) is 0. The summed E-state index contributed by atoms with van der Waals surface area (Å²) >= 11 is 2.75. The van der Waals surface area contributed by atoms with Gasteiger partial charge in [-0.2, -0.15) is 5.26 Å². The summed E-state index contributed by atoms with van der Waals surface area (Å²) in [5, 5.41) is 11.6. The third-order valence-corrected chi connectivity index (χ3v) is 4.15. The van der Waals surface area contributed by atoms with Crippen molar-refractivity contribution in [1.29, 1.82) is 5.26 Å². The quantitative estimate of drug-likeness (QED) is 0.481. The average Bonchev–Trinajstić information content (AvgIpc) is 2.99. The lowest BCUT2D eigenvalue weighted by molar-refractivity contribution is -0.134. The van der Waals surface area contributed by atoms with E-state index in [1.807, 2.05) is 17.5 Å². The monoisotopic (exact) mass is 302 g/mol. The van der Waals surface area contributed by atoms with Crippen molar-refractivity contribution in [3.8, 4) is 16.6 Å². The van der Waals surface area contributed by atoms with Crippen LogP contribution in [0.2, 0.25) is 0 Å².